The minimum absolute atomic E-state index is 0.00425. The molecule has 1 aromatic carbocycles. The average Bonchev–Trinajstić information content (AvgIpc) is 2.66. The number of aliphatic hydroxyl groups excluding tert-OH is 1. The first-order chi connectivity index (χ1) is 8.40. The third-order valence-electron chi connectivity index (χ3n) is 3.60. The number of nitrogens with two attached hydrogens (primary N) is 1. The van der Waals surface area contributed by atoms with E-state index in [1.807, 2.05) is 0 Å². The molecule has 1 aliphatic heterocycles. The maximum absolute atomic E-state index is 13.6. The van der Waals surface area contributed by atoms with E-state index in [-0.39, 0.29) is 30.0 Å². The molecule has 0 radical (unpaired) electrons. The topological polar surface area (TPSA) is 80.4 Å². The molecule has 100 valence electrons. The Morgan fingerprint density at radius 1 is 1.44 bits per heavy atom. The van der Waals surface area contributed by atoms with Gasteiger partial charge in [-0.15, -0.1) is 0 Å². The second-order valence-corrected chi connectivity index (χ2v) is 7.02. The first-order valence-corrected chi connectivity index (χ1v) is 7.55. The standard InChI is InChI=1S/C12H16FNO3S/c13-10-4-2-1-3-9(10)11(15)12(7-14)5-6-18(16,17)8-12/h1-4,11,15H,5-8,14H2. The Balaban J connectivity index is 2.38. The third kappa shape index (κ3) is 2.28. The van der Waals surface area contributed by atoms with Crippen molar-refractivity contribution in [2.75, 3.05) is 18.1 Å². The number of sulfone groups is 1. The number of hydrogen-bond acceptors (Lipinski definition) is 4. The zero-order valence-electron chi connectivity index (χ0n) is 9.84. The second kappa shape index (κ2) is 4.60. The Bertz CT molecular complexity index is 546. The van der Waals surface area contributed by atoms with Crippen molar-refractivity contribution in [1.29, 1.82) is 0 Å². The zero-order chi connectivity index (χ0) is 13.4. The lowest BCUT2D eigenvalue weighted by molar-refractivity contribution is 0.0442. The van der Waals surface area contributed by atoms with Crippen LogP contribution in [0.4, 0.5) is 4.39 Å². The third-order valence-corrected chi connectivity index (χ3v) is 5.45. The summed E-state index contributed by atoms with van der Waals surface area (Å²) in [5, 5.41) is 10.3. The monoisotopic (exact) mass is 273 g/mol. The molecule has 2 atom stereocenters. The van der Waals surface area contributed by atoms with Gasteiger partial charge in [-0.05, 0) is 12.5 Å². The van der Waals surface area contributed by atoms with E-state index in [1.54, 1.807) is 6.07 Å². The molecule has 0 spiro atoms. The summed E-state index contributed by atoms with van der Waals surface area (Å²) in [6, 6.07) is 5.83. The van der Waals surface area contributed by atoms with Crippen LogP contribution in [0.15, 0.2) is 24.3 Å². The Morgan fingerprint density at radius 2 is 2.11 bits per heavy atom. The Morgan fingerprint density at radius 3 is 2.61 bits per heavy atom. The summed E-state index contributed by atoms with van der Waals surface area (Å²) in [5.41, 5.74) is 4.77. The highest BCUT2D eigenvalue weighted by Crippen LogP contribution is 2.43. The molecular formula is C12H16FNO3S. The minimum Gasteiger partial charge on any atom is -0.388 e. The number of hydrogen-bond donors (Lipinski definition) is 2. The van der Waals surface area contributed by atoms with Gasteiger partial charge in [0.15, 0.2) is 9.84 Å². The summed E-state index contributed by atoms with van der Waals surface area (Å²) in [7, 11) is -3.19. The highest BCUT2D eigenvalue weighted by molar-refractivity contribution is 7.91. The molecule has 18 heavy (non-hydrogen) atoms. The predicted molar refractivity (Wildman–Crippen MR) is 66.1 cm³/mol. The van der Waals surface area contributed by atoms with Crippen LogP contribution in [0.25, 0.3) is 0 Å². The molecule has 3 N–H and O–H groups in total. The molecule has 1 heterocycles. The van der Waals surface area contributed by atoms with Gasteiger partial charge in [0.05, 0.1) is 17.6 Å². The van der Waals surface area contributed by atoms with Crippen molar-refractivity contribution < 1.29 is 17.9 Å². The molecular weight excluding hydrogens is 257 g/mol. The van der Waals surface area contributed by atoms with E-state index in [9.17, 15) is 17.9 Å². The first-order valence-electron chi connectivity index (χ1n) is 5.73. The van der Waals surface area contributed by atoms with Gasteiger partial charge in [0.25, 0.3) is 0 Å². The van der Waals surface area contributed by atoms with Gasteiger partial charge in [0.1, 0.15) is 5.82 Å². The van der Waals surface area contributed by atoms with Crippen LogP contribution in [0.2, 0.25) is 0 Å². The number of aliphatic hydroxyl groups is 1. The van der Waals surface area contributed by atoms with Crippen LogP contribution in [0, 0.1) is 11.2 Å². The van der Waals surface area contributed by atoms with Crippen molar-refractivity contribution in [3.05, 3.63) is 35.6 Å². The fourth-order valence-electron chi connectivity index (χ4n) is 2.46. The van der Waals surface area contributed by atoms with E-state index in [4.69, 9.17) is 5.73 Å². The first kappa shape index (κ1) is 13.5. The highest BCUT2D eigenvalue weighted by Gasteiger charge is 2.47. The van der Waals surface area contributed by atoms with Crippen LogP contribution in [0.5, 0.6) is 0 Å². The lowest BCUT2D eigenvalue weighted by atomic mass is 9.78. The summed E-state index contributed by atoms with van der Waals surface area (Å²) in [6.45, 7) is 0.0156. The van der Waals surface area contributed by atoms with Gasteiger partial charge in [-0.3, -0.25) is 0 Å². The van der Waals surface area contributed by atoms with E-state index in [1.165, 1.54) is 18.2 Å². The van der Waals surface area contributed by atoms with Crippen LogP contribution in [0.1, 0.15) is 18.1 Å². The fourth-order valence-corrected chi connectivity index (χ4v) is 4.61. The summed E-state index contributed by atoms with van der Waals surface area (Å²) >= 11 is 0. The number of benzene rings is 1. The van der Waals surface area contributed by atoms with Crippen LogP contribution in [-0.2, 0) is 9.84 Å². The second-order valence-electron chi connectivity index (χ2n) is 4.83. The normalized spacial score (nSPS) is 28.2. The van der Waals surface area contributed by atoms with Crippen LogP contribution in [-0.4, -0.2) is 31.6 Å². The Hall–Kier alpha value is -0.980. The van der Waals surface area contributed by atoms with Crippen LogP contribution in [0.3, 0.4) is 0 Å². The lowest BCUT2D eigenvalue weighted by Crippen LogP contribution is -2.38. The number of halogens is 1. The van der Waals surface area contributed by atoms with Crippen LogP contribution >= 0.6 is 0 Å². The van der Waals surface area contributed by atoms with E-state index < -0.39 is 27.2 Å². The molecule has 1 fully saturated rings. The van der Waals surface area contributed by atoms with Gasteiger partial charge in [-0.1, -0.05) is 18.2 Å². The minimum atomic E-state index is -3.19. The maximum atomic E-state index is 13.6. The van der Waals surface area contributed by atoms with Crippen molar-refractivity contribution in [3.8, 4) is 0 Å². The van der Waals surface area contributed by atoms with Crippen molar-refractivity contribution in [2.24, 2.45) is 11.1 Å². The molecule has 1 aliphatic rings. The lowest BCUT2D eigenvalue weighted by Gasteiger charge is -2.32. The Kier molecular flexibility index (Phi) is 3.44. The van der Waals surface area contributed by atoms with Crippen molar-refractivity contribution >= 4 is 9.84 Å². The zero-order valence-corrected chi connectivity index (χ0v) is 10.7. The fraction of sp³-hybridized carbons (Fsp3) is 0.500. The number of rotatable bonds is 3. The summed E-state index contributed by atoms with van der Waals surface area (Å²) in [5.74, 6) is -0.732. The molecule has 0 amide bonds. The molecule has 0 aliphatic carbocycles. The van der Waals surface area contributed by atoms with Gasteiger partial charge in [0.2, 0.25) is 0 Å². The van der Waals surface area contributed by atoms with Gasteiger partial charge in [0, 0.05) is 17.5 Å². The summed E-state index contributed by atoms with van der Waals surface area (Å²) in [4.78, 5) is 0. The SMILES string of the molecule is NCC1(C(O)c2ccccc2F)CCS(=O)(=O)C1. The largest absolute Gasteiger partial charge is 0.388 e. The molecule has 1 saturated heterocycles. The molecule has 2 rings (SSSR count). The van der Waals surface area contributed by atoms with Crippen LogP contribution < -0.4 is 5.73 Å². The smallest absolute Gasteiger partial charge is 0.151 e. The predicted octanol–water partition coefficient (Wildman–Crippen LogP) is 0.623. The molecule has 0 saturated carbocycles. The molecule has 4 nitrogen and oxygen atoms in total. The van der Waals surface area contributed by atoms with E-state index in [0.29, 0.717) is 0 Å². The highest BCUT2D eigenvalue weighted by atomic mass is 32.2. The van der Waals surface area contributed by atoms with E-state index in [2.05, 4.69) is 0 Å². The van der Waals surface area contributed by atoms with Crippen molar-refractivity contribution in [1.82, 2.24) is 0 Å². The molecule has 2 unspecified atom stereocenters. The Labute approximate surface area is 106 Å². The van der Waals surface area contributed by atoms with Gasteiger partial charge in [-0.2, -0.15) is 0 Å². The van der Waals surface area contributed by atoms with Gasteiger partial charge >= 0.3 is 0 Å². The molecule has 6 heteroatoms. The quantitative estimate of drug-likeness (QED) is 0.846. The van der Waals surface area contributed by atoms with E-state index >= 15 is 0 Å². The summed E-state index contributed by atoms with van der Waals surface area (Å²) in [6.07, 6.45) is -0.928. The van der Waals surface area contributed by atoms with Gasteiger partial charge < -0.3 is 10.8 Å². The summed E-state index contributed by atoms with van der Waals surface area (Å²) < 4.78 is 36.8. The maximum Gasteiger partial charge on any atom is 0.151 e. The average molecular weight is 273 g/mol. The van der Waals surface area contributed by atoms with Crippen molar-refractivity contribution in [2.45, 2.75) is 12.5 Å². The van der Waals surface area contributed by atoms with Crippen molar-refractivity contribution in [3.63, 3.8) is 0 Å². The van der Waals surface area contributed by atoms with Gasteiger partial charge in [-0.25, -0.2) is 12.8 Å². The molecule has 1 aromatic rings. The van der Waals surface area contributed by atoms with E-state index in [0.717, 1.165) is 0 Å². The molecule has 0 aromatic heterocycles. The molecule has 0 bridgehead atoms.